The van der Waals surface area contributed by atoms with Gasteiger partial charge in [-0.3, -0.25) is 0 Å². The van der Waals surface area contributed by atoms with Gasteiger partial charge in [0.1, 0.15) is 0 Å². The Labute approximate surface area is 71.0 Å². The van der Waals surface area contributed by atoms with Crippen molar-refractivity contribution in [1.29, 1.82) is 0 Å². The van der Waals surface area contributed by atoms with E-state index in [0.29, 0.717) is 0 Å². The monoisotopic (exact) mass is 168 g/mol. The molecule has 11 heavy (non-hydrogen) atoms. The summed E-state index contributed by atoms with van der Waals surface area (Å²) in [5, 5.41) is 13.0. The predicted octanol–water partition coefficient (Wildman–Crippen LogP) is 2.53. The van der Waals surface area contributed by atoms with Gasteiger partial charge in [-0.05, 0) is 34.4 Å². The van der Waals surface area contributed by atoms with Crippen LogP contribution in [0.15, 0.2) is 22.4 Å². The average Bonchev–Trinajstić information content (AvgIpc) is 2.52. The third kappa shape index (κ3) is 2.48. The Morgan fingerprint density at radius 1 is 1.73 bits per heavy atom. The Balaban J connectivity index is 2.71. The van der Waals surface area contributed by atoms with E-state index in [9.17, 15) is 0 Å². The van der Waals surface area contributed by atoms with Crippen LogP contribution in [0.4, 0.5) is 0 Å². The van der Waals surface area contributed by atoms with Gasteiger partial charge in [-0.2, -0.15) is 11.3 Å². The van der Waals surface area contributed by atoms with Gasteiger partial charge in [0.15, 0.2) is 0 Å². The third-order valence-corrected chi connectivity index (χ3v) is 2.27. The maximum Gasteiger partial charge on any atom is 0.0644 e. The van der Waals surface area contributed by atoms with Gasteiger partial charge in [0, 0.05) is 0 Å². The molecule has 0 aromatic carbocycles. The number of hydrogen-bond acceptors (Lipinski definition) is 2. The summed E-state index contributed by atoms with van der Waals surface area (Å²) in [5.41, 5.74) is 2.28. The molecule has 0 aliphatic heterocycles. The molecule has 1 nitrogen and oxygen atoms in total. The van der Waals surface area contributed by atoms with E-state index in [1.807, 2.05) is 11.5 Å². The van der Waals surface area contributed by atoms with Crippen molar-refractivity contribution in [3.63, 3.8) is 0 Å². The van der Waals surface area contributed by atoms with E-state index in [1.54, 1.807) is 11.3 Å². The van der Waals surface area contributed by atoms with E-state index in [1.165, 1.54) is 5.56 Å². The summed E-state index contributed by atoms with van der Waals surface area (Å²) in [5.74, 6) is 0. The van der Waals surface area contributed by atoms with Gasteiger partial charge in [0.25, 0.3) is 0 Å². The van der Waals surface area contributed by atoms with E-state index in [4.69, 9.17) is 5.11 Å². The lowest BCUT2D eigenvalue weighted by Crippen LogP contribution is -1.86. The van der Waals surface area contributed by atoms with Crippen LogP contribution < -0.4 is 0 Å². The third-order valence-electron chi connectivity index (χ3n) is 1.57. The molecule has 0 unspecified atom stereocenters. The minimum atomic E-state index is 0.173. The standard InChI is InChI=1S/C9H12OS/c1-2-8(6-10)5-9-3-4-11-7-9/h3-5,7,10H,2,6H2,1H3/b8-5-. The van der Waals surface area contributed by atoms with Crippen molar-refractivity contribution in [2.24, 2.45) is 0 Å². The summed E-state index contributed by atoms with van der Waals surface area (Å²) >= 11 is 1.68. The Morgan fingerprint density at radius 3 is 3.00 bits per heavy atom. The van der Waals surface area contributed by atoms with Gasteiger partial charge < -0.3 is 5.11 Å². The van der Waals surface area contributed by atoms with E-state index in [2.05, 4.69) is 18.4 Å². The van der Waals surface area contributed by atoms with Gasteiger partial charge in [0.05, 0.1) is 6.61 Å². The number of aliphatic hydroxyl groups excluding tert-OH is 1. The lowest BCUT2D eigenvalue weighted by atomic mass is 10.1. The van der Waals surface area contributed by atoms with Crippen LogP contribution in [0.2, 0.25) is 0 Å². The normalized spacial score (nSPS) is 12.0. The van der Waals surface area contributed by atoms with Crippen LogP contribution >= 0.6 is 11.3 Å². The Hall–Kier alpha value is -0.600. The molecule has 1 aromatic rings. The van der Waals surface area contributed by atoms with Crippen molar-refractivity contribution >= 4 is 17.4 Å². The van der Waals surface area contributed by atoms with E-state index in [0.717, 1.165) is 12.0 Å². The smallest absolute Gasteiger partial charge is 0.0644 e. The van der Waals surface area contributed by atoms with Gasteiger partial charge in [-0.1, -0.05) is 13.0 Å². The fourth-order valence-corrected chi connectivity index (χ4v) is 1.47. The zero-order valence-electron chi connectivity index (χ0n) is 6.58. The maximum absolute atomic E-state index is 8.86. The summed E-state index contributed by atoms with van der Waals surface area (Å²) in [6.07, 6.45) is 2.96. The van der Waals surface area contributed by atoms with Gasteiger partial charge >= 0.3 is 0 Å². The van der Waals surface area contributed by atoms with Crippen molar-refractivity contribution in [1.82, 2.24) is 0 Å². The Morgan fingerprint density at radius 2 is 2.55 bits per heavy atom. The quantitative estimate of drug-likeness (QED) is 0.735. The van der Waals surface area contributed by atoms with Crippen LogP contribution in [0.25, 0.3) is 6.08 Å². The van der Waals surface area contributed by atoms with Crippen molar-refractivity contribution in [2.45, 2.75) is 13.3 Å². The molecule has 0 bridgehead atoms. The van der Waals surface area contributed by atoms with Crippen LogP contribution in [0, 0.1) is 0 Å². The zero-order chi connectivity index (χ0) is 8.10. The molecule has 0 saturated heterocycles. The molecule has 2 heteroatoms. The molecule has 60 valence electrons. The fourth-order valence-electron chi connectivity index (χ4n) is 0.852. The highest BCUT2D eigenvalue weighted by Gasteiger charge is 1.92. The molecule has 1 aromatic heterocycles. The highest BCUT2D eigenvalue weighted by atomic mass is 32.1. The predicted molar refractivity (Wildman–Crippen MR) is 49.7 cm³/mol. The topological polar surface area (TPSA) is 20.2 Å². The minimum absolute atomic E-state index is 0.173. The molecule has 0 spiro atoms. The molecule has 1 rings (SSSR count). The van der Waals surface area contributed by atoms with Crippen LogP contribution in [0.5, 0.6) is 0 Å². The van der Waals surface area contributed by atoms with Crippen molar-refractivity contribution < 1.29 is 5.11 Å². The molecular weight excluding hydrogens is 156 g/mol. The SMILES string of the molecule is CC/C(=C/c1ccsc1)CO. The van der Waals surface area contributed by atoms with Gasteiger partial charge in [-0.25, -0.2) is 0 Å². The number of thiophene rings is 1. The molecule has 0 aliphatic rings. The van der Waals surface area contributed by atoms with Crippen molar-refractivity contribution in [3.05, 3.63) is 28.0 Å². The van der Waals surface area contributed by atoms with Crippen LogP contribution in [0.3, 0.4) is 0 Å². The first kappa shape index (κ1) is 8.50. The van der Waals surface area contributed by atoms with Gasteiger partial charge in [-0.15, -0.1) is 0 Å². The second-order valence-electron chi connectivity index (χ2n) is 2.37. The highest BCUT2D eigenvalue weighted by molar-refractivity contribution is 7.08. The molecule has 0 amide bonds. The van der Waals surface area contributed by atoms with Crippen molar-refractivity contribution in [2.75, 3.05) is 6.61 Å². The van der Waals surface area contributed by atoms with E-state index < -0.39 is 0 Å². The molecule has 0 atom stereocenters. The summed E-state index contributed by atoms with van der Waals surface area (Å²) in [6.45, 7) is 2.22. The molecular formula is C9H12OS. The largest absolute Gasteiger partial charge is 0.392 e. The van der Waals surface area contributed by atoms with Crippen LogP contribution in [-0.4, -0.2) is 11.7 Å². The van der Waals surface area contributed by atoms with Gasteiger partial charge in [0.2, 0.25) is 0 Å². The summed E-state index contributed by atoms with van der Waals surface area (Å²) in [4.78, 5) is 0. The number of aliphatic hydroxyl groups is 1. The lowest BCUT2D eigenvalue weighted by molar-refractivity contribution is 0.329. The first-order chi connectivity index (χ1) is 5.36. The molecule has 1 heterocycles. The molecule has 0 fully saturated rings. The highest BCUT2D eigenvalue weighted by Crippen LogP contribution is 2.12. The average molecular weight is 168 g/mol. The molecule has 1 N–H and O–H groups in total. The second kappa shape index (κ2) is 4.31. The minimum Gasteiger partial charge on any atom is -0.392 e. The second-order valence-corrected chi connectivity index (χ2v) is 3.15. The fraction of sp³-hybridized carbons (Fsp3) is 0.333. The first-order valence-corrected chi connectivity index (χ1v) is 4.63. The van der Waals surface area contributed by atoms with Crippen LogP contribution in [0.1, 0.15) is 18.9 Å². The molecule has 0 aliphatic carbocycles. The Kier molecular flexibility index (Phi) is 3.33. The number of rotatable bonds is 3. The summed E-state index contributed by atoms with van der Waals surface area (Å²) in [7, 11) is 0. The van der Waals surface area contributed by atoms with Crippen LogP contribution in [-0.2, 0) is 0 Å². The first-order valence-electron chi connectivity index (χ1n) is 3.69. The Bertz CT molecular complexity index is 218. The summed E-state index contributed by atoms with van der Waals surface area (Å²) < 4.78 is 0. The van der Waals surface area contributed by atoms with E-state index in [-0.39, 0.29) is 6.61 Å². The maximum atomic E-state index is 8.86. The van der Waals surface area contributed by atoms with E-state index >= 15 is 0 Å². The van der Waals surface area contributed by atoms with Crippen molar-refractivity contribution in [3.8, 4) is 0 Å². The summed E-state index contributed by atoms with van der Waals surface area (Å²) in [6, 6.07) is 2.05. The zero-order valence-corrected chi connectivity index (χ0v) is 7.40. The molecule has 0 radical (unpaired) electrons. The lowest BCUT2D eigenvalue weighted by Gasteiger charge is -1.96. The number of hydrogen-bond donors (Lipinski definition) is 1. The molecule has 0 saturated carbocycles.